The summed E-state index contributed by atoms with van der Waals surface area (Å²) in [4.78, 5) is 24.9. The van der Waals surface area contributed by atoms with Gasteiger partial charge in [-0.2, -0.15) is 0 Å². The highest BCUT2D eigenvalue weighted by Crippen LogP contribution is 2.25. The topological polar surface area (TPSA) is 151 Å². The SMILES string of the molecule is Cc1cc(C)c(NC(=O)NS(=O)(=O)c2ccccc2C)cc1NC(=O)NS(=O)(=O)c1ccccc1C. The summed E-state index contributed by atoms with van der Waals surface area (Å²) in [6.45, 7) is 6.59. The molecule has 0 fully saturated rings. The lowest BCUT2D eigenvalue weighted by atomic mass is 10.1. The number of sulfonamides is 2. The van der Waals surface area contributed by atoms with Crippen molar-refractivity contribution < 1.29 is 26.4 Å². The summed E-state index contributed by atoms with van der Waals surface area (Å²) in [7, 11) is -8.24. The second-order valence-electron chi connectivity index (χ2n) is 8.13. The van der Waals surface area contributed by atoms with E-state index in [1.807, 2.05) is 9.44 Å². The van der Waals surface area contributed by atoms with E-state index in [9.17, 15) is 26.4 Å². The number of carbonyl (C=O) groups is 2. The summed E-state index contributed by atoms with van der Waals surface area (Å²) in [6, 6.07) is 13.5. The van der Waals surface area contributed by atoms with Crippen molar-refractivity contribution in [3.63, 3.8) is 0 Å². The average Bonchev–Trinajstić information content (AvgIpc) is 2.76. The maximum absolute atomic E-state index is 12.6. The van der Waals surface area contributed by atoms with E-state index < -0.39 is 32.1 Å². The van der Waals surface area contributed by atoms with Crippen LogP contribution in [0.5, 0.6) is 0 Å². The molecule has 4 N–H and O–H groups in total. The third-order valence-corrected chi connectivity index (χ3v) is 8.27. The zero-order valence-corrected chi connectivity index (χ0v) is 21.7. The van der Waals surface area contributed by atoms with Gasteiger partial charge in [-0.1, -0.05) is 42.5 Å². The number of rotatable bonds is 6. The molecule has 0 heterocycles. The fraction of sp³-hybridized carbons (Fsp3) is 0.167. The molecule has 0 aliphatic rings. The zero-order chi connectivity index (χ0) is 26.7. The Balaban J connectivity index is 1.76. The molecular formula is C24H26N4O6S2. The van der Waals surface area contributed by atoms with Crippen LogP contribution in [0.15, 0.2) is 70.5 Å². The Morgan fingerprint density at radius 2 is 0.917 bits per heavy atom. The van der Waals surface area contributed by atoms with E-state index in [1.165, 1.54) is 18.2 Å². The molecule has 36 heavy (non-hydrogen) atoms. The maximum Gasteiger partial charge on any atom is 0.333 e. The van der Waals surface area contributed by atoms with Gasteiger partial charge in [-0.05, 0) is 68.1 Å². The third kappa shape index (κ3) is 6.20. The maximum atomic E-state index is 12.6. The number of nitrogens with one attached hydrogen (secondary N) is 4. The van der Waals surface area contributed by atoms with E-state index >= 15 is 0 Å². The van der Waals surface area contributed by atoms with Crippen molar-refractivity contribution in [2.75, 3.05) is 10.6 Å². The van der Waals surface area contributed by atoms with E-state index in [1.54, 1.807) is 70.2 Å². The molecule has 0 saturated carbocycles. The van der Waals surface area contributed by atoms with Gasteiger partial charge in [0.2, 0.25) is 0 Å². The summed E-state index contributed by atoms with van der Waals surface area (Å²) in [6.07, 6.45) is 0. The Morgan fingerprint density at radius 3 is 1.28 bits per heavy atom. The van der Waals surface area contributed by atoms with Crippen LogP contribution in [0.1, 0.15) is 22.3 Å². The van der Waals surface area contributed by atoms with Gasteiger partial charge in [0, 0.05) is 11.4 Å². The minimum absolute atomic E-state index is 0.0327. The summed E-state index contributed by atoms with van der Waals surface area (Å²) in [5.41, 5.74) is 2.57. The number of benzene rings is 3. The monoisotopic (exact) mass is 530 g/mol. The lowest BCUT2D eigenvalue weighted by molar-refractivity contribution is 0.255. The summed E-state index contributed by atoms with van der Waals surface area (Å²) >= 11 is 0. The third-order valence-electron chi connectivity index (χ3n) is 5.29. The highest BCUT2D eigenvalue weighted by atomic mass is 32.2. The fourth-order valence-corrected chi connectivity index (χ4v) is 5.80. The van der Waals surface area contributed by atoms with E-state index in [4.69, 9.17) is 0 Å². The van der Waals surface area contributed by atoms with E-state index in [0.29, 0.717) is 22.3 Å². The molecule has 0 unspecified atom stereocenters. The first-order valence-corrected chi connectivity index (χ1v) is 13.7. The van der Waals surface area contributed by atoms with Gasteiger partial charge in [0.15, 0.2) is 0 Å². The summed E-state index contributed by atoms with van der Waals surface area (Å²) < 4.78 is 54.3. The van der Waals surface area contributed by atoms with Gasteiger partial charge in [0.25, 0.3) is 20.0 Å². The summed E-state index contributed by atoms with van der Waals surface area (Å²) in [5, 5.41) is 4.92. The van der Waals surface area contributed by atoms with Crippen LogP contribution in [0.2, 0.25) is 0 Å². The molecule has 0 radical (unpaired) electrons. The number of carbonyl (C=O) groups excluding carboxylic acids is 2. The quantitative estimate of drug-likeness (QED) is 0.379. The van der Waals surface area contributed by atoms with Crippen LogP contribution in [-0.4, -0.2) is 28.9 Å². The zero-order valence-electron chi connectivity index (χ0n) is 20.0. The largest absolute Gasteiger partial charge is 0.333 e. The molecule has 12 heteroatoms. The first kappa shape index (κ1) is 26.7. The van der Waals surface area contributed by atoms with Crippen LogP contribution in [0.3, 0.4) is 0 Å². The molecule has 0 saturated heterocycles. The fourth-order valence-electron chi connectivity index (χ4n) is 3.49. The van der Waals surface area contributed by atoms with Gasteiger partial charge in [-0.15, -0.1) is 0 Å². The van der Waals surface area contributed by atoms with Gasteiger partial charge in [-0.25, -0.2) is 35.9 Å². The molecule has 10 nitrogen and oxygen atoms in total. The predicted molar refractivity (Wildman–Crippen MR) is 137 cm³/mol. The standard InChI is InChI=1S/C24H26N4O6S2/c1-15-9-5-7-11-21(15)35(31,32)27-23(29)25-19-14-20(18(4)13-17(19)3)26-24(30)28-36(33,34)22-12-8-6-10-16(22)2/h5-14H,1-4H3,(H2,25,27,29)(H2,26,28,30). The summed E-state index contributed by atoms with van der Waals surface area (Å²) in [5.74, 6) is 0. The molecule has 3 aromatic rings. The van der Waals surface area contributed by atoms with Gasteiger partial charge >= 0.3 is 12.1 Å². The highest BCUT2D eigenvalue weighted by Gasteiger charge is 2.22. The van der Waals surface area contributed by atoms with Crippen LogP contribution < -0.4 is 20.1 Å². The van der Waals surface area contributed by atoms with Gasteiger partial charge in [0.1, 0.15) is 0 Å². The number of anilines is 2. The van der Waals surface area contributed by atoms with Crippen molar-refractivity contribution in [3.8, 4) is 0 Å². The molecular weight excluding hydrogens is 504 g/mol. The number of amides is 4. The molecule has 0 atom stereocenters. The Bertz CT molecular complexity index is 1440. The Labute approximate surface area is 210 Å². The van der Waals surface area contributed by atoms with Crippen molar-refractivity contribution in [2.24, 2.45) is 0 Å². The van der Waals surface area contributed by atoms with Crippen molar-refractivity contribution in [2.45, 2.75) is 37.5 Å². The first-order chi connectivity index (χ1) is 16.8. The second kappa shape index (κ2) is 10.4. The Hall–Kier alpha value is -3.90. The number of aryl methyl sites for hydroxylation is 4. The lowest BCUT2D eigenvalue weighted by Gasteiger charge is -2.16. The molecule has 0 aliphatic heterocycles. The van der Waals surface area contributed by atoms with Crippen LogP contribution in [0.25, 0.3) is 0 Å². The van der Waals surface area contributed by atoms with Crippen molar-refractivity contribution >= 4 is 43.5 Å². The molecule has 0 bridgehead atoms. The van der Waals surface area contributed by atoms with Crippen LogP contribution in [-0.2, 0) is 20.0 Å². The first-order valence-electron chi connectivity index (χ1n) is 10.7. The average molecular weight is 531 g/mol. The van der Waals surface area contributed by atoms with E-state index in [0.717, 1.165) is 0 Å². The van der Waals surface area contributed by atoms with Gasteiger partial charge < -0.3 is 10.6 Å². The second-order valence-corrected chi connectivity index (χ2v) is 11.4. The molecule has 4 amide bonds. The van der Waals surface area contributed by atoms with Crippen LogP contribution >= 0.6 is 0 Å². The van der Waals surface area contributed by atoms with E-state index in [-0.39, 0.29) is 21.2 Å². The highest BCUT2D eigenvalue weighted by molar-refractivity contribution is 7.90. The van der Waals surface area contributed by atoms with Crippen LogP contribution in [0.4, 0.5) is 21.0 Å². The van der Waals surface area contributed by atoms with Crippen molar-refractivity contribution in [3.05, 3.63) is 82.9 Å². The van der Waals surface area contributed by atoms with Gasteiger partial charge in [-0.3, -0.25) is 0 Å². The lowest BCUT2D eigenvalue weighted by Crippen LogP contribution is -2.35. The normalized spacial score (nSPS) is 11.4. The molecule has 3 aromatic carbocycles. The minimum Gasteiger partial charge on any atom is -0.307 e. The van der Waals surface area contributed by atoms with Gasteiger partial charge in [0.05, 0.1) is 9.79 Å². The number of urea groups is 2. The van der Waals surface area contributed by atoms with E-state index in [2.05, 4.69) is 10.6 Å². The number of hydrogen-bond donors (Lipinski definition) is 4. The molecule has 190 valence electrons. The van der Waals surface area contributed by atoms with Crippen LogP contribution in [0, 0.1) is 27.7 Å². The molecule has 0 aromatic heterocycles. The van der Waals surface area contributed by atoms with Crippen molar-refractivity contribution in [1.29, 1.82) is 0 Å². The Kier molecular flexibility index (Phi) is 7.70. The predicted octanol–water partition coefficient (Wildman–Crippen LogP) is 3.94. The number of hydrogen-bond acceptors (Lipinski definition) is 6. The molecule has 0 aliphatic carbocycles. The smallest absolute Gasteiger partial charge is 0.307 e. The molecule has 3 rings (SSSR count). The van der Waals surface area contributed by atoms with Crippen molar-refractivity contribution in [1.82, 2.24) is 9.44 Å². The minimum atomic E-state index is -4.12. The Morgan fingerprint density at radius 1 is 0.556 bits per heavy atom. The molecule has 0 spiro atoms.